The molecule has 1 aliphatic heterocycles. The van der Waals surface area contributed by atoms with E-state index in [0.29, 0.717) is 22.4 Å². The summed E-state index contributed by atoms with van der Waals surface area (Å²) in [6, 6.07) is 18.2. The van der Waals surface area contributed by atoms with Gasteiger partial charge in [0.15, 0.2) is 5.82 Å². The first-order chi connectivity index (χ1) is 15.7. The normalized spacial score (nSPS) is 21.3. The van der Waals surface area contributed by atoms with E-state index in [4.69, 9.17) is 33.7 Å². The van der Waals surface area contributed by atoms with Crippen LogP contribution in [0.4, 0.5) is 0 Å². The van der Waals surface area contributed by atoms with Crippen LogP contribution >= 0.6 is 23.8 Å². The molecule has 32 heavy (non-hydrogen) atoms. The van der Waals surface area contributed by atoms with Crippen molar-refractivity contribution in [2.75, 3.05) is 6.54 Å². The molecule has 0 N–H and O–H groups in total. The Bertz CT molecular complexity index is 1090. The number of aromatic nitrogens is 3. The number of hydrogen-bond donors (Lipinski definition) is 0. The summed E-state index contributed by atoms with van der Waals surface area (Å²) in [7, 11) is 0. The second-order valence-corrected chi connectivity index (χ2v) is 9.62. The van der Waals surface area contributed by atoms with E-state index in [1.54, 1.807) is 0 Å². The molecular formula is C25H29ClN4OS. The number of hydrogen-bond acceptors (Lipinski definition) is 4. The zero-order chi connectivity index (χ0) is 21.9. The fourth-order valence-electron chi connectivity index (χ4n) is 5.23. The van der Waals surface area contributed by atoms with Crippen LogP contribution < -0.4 is 4.74 Å². The van der Waals surface area contributed by atoms with Crippen LogP contribution in [0.1, 0.15) is 44.3 Å². The lowest BCUT2D eigenvalue weighted by Gasteiger charge is -2.43. The van der Waals surface area contributed by atoms with E-state index >= 15 is 0 Å². The molecule has 5 nitrogen and oxygen atoms in total. The predicted molar refractivity (Wildman–Crippen MR) is 130 cm³/mol. The molecule has 2 fully saturated rings. The third-order valence-electron chi connectivity index (χ3n) is 6.78. The molecule has 0 bridgehead atoms. The van der Waals surface area contributed by atoms with Crippen molar-refractivity contribution in [1.82, 2.24) is 19.2 Å². The Kier molecular flexibility index (Phi) is 6.62. The number of likely N-dealkylation sites (tertiary alicyclic amines) is 1. The van der Waals surface area contributed by atoms with Crippen molar-refractivity contribution in [3.8, 4) is 11.4 Å². The topological polar surface area (TPSA) is 35.2 Å². The molecule has 1 saturated carbocycles. The van der Waals surface area contributed by atoms with Crippen molar-refractivity contribution in [2.24, 2.45) is 5.92 Å². The standard InChI is InChI=1S/C25H29ClN4OS/c26-20-12-14-22(15-13-20)31-17-24-27-29(25(32)30(24)21-9-2-1-3-10-21)18-28-16-6-8-19-7-4-5-11-23(19)28/h1-3,9-10,12-15,19,23H,4-8,11,16-18H2. The van der Waals surface area contributed by atoms with E-state index < -0.39 is 0 Å². The predicted octanol–water partition coefficient (Wildman–Crippen LogP) is 6.25. The summed E-state index contributed by atoms with van der Waals surface area (Å²) in [5.74, 6) is 2.39. The van der Waals surface area contributed by atoms with Gasteiger partial charge >= 0.3 is 0 Å². The summed E-state index contributed by atoms with van der Waals surface area (Å²) < 4.78 is 10.8. The third-order valence-corrected chi connectivity index (χ3v) is 7.42. The Balaban J connectivity index is 1.43. The number of fused-ring (bicyclic) bond motifs is 1. The minimum Gasteiger partial charge on any atom is -0.486 e. The maximum absolute atomic E-state index is 6.04. The summed E-state index contributed by atoms with van der Waals surface area (Å²) in [6.45, 7) is 2.20. The highest BCUT2D eigenvalue weighted by Crippen LogP contribution is 2.35. The fourth-order valence-corrected chi connectivity index (χ4v) is 5.66. The van der Waals surface area contributed by atoms with Gasteiger partial charge in [0.25, 0.3) is 0 Å². The second kappa shape index (κ2) is 9.77. The second-order valence-electron chi connectivity index (χ2n) is 8.82. The summed E-state index contributed by atoms with van der Waals surface area (Å²) in [5, 5.41) is 5.62. The summed E-state index contributed by atoms with van der Waals surface area (Å²) >= 11 is 11.9. The molecule has 2 aliphatic rings. The van der Waals surface area contributed by atoms with Crippen LogP contribution in [0.2, 0.25) is 5.02 Å². The number of halogens is 1. The Hall–Kier alpha value is -2.15. The van der Waals surface area contributed by atoms with Gasteiger partial charge in [-0.25, -0.2) is 4.68 Å². The van der Waals surface area contributed by atoms with Crippen LogP contribution in [-0.4, -0.2) is 31.8 Å². The minimum atomic E-state index is 0.333. The van der Waals surface area contributed by atoms with Crippen molar-refractivity contribution in [2.45, 2.75) is 57.8 Å². The number of nitrogens with zero attached hydrogens (tertiary/aromatic N) is 4. The van der Waals surface area contributed by atoms with Gasteiger partial charge in [-0.15, -0.1) is 0 Å². The summed E-state index contributed by atoms with van der Waals surface area (Å²) in [6.07, 6.45) is 8.01. The van der Waals surface area contributed by atoms with Crippen molar-refractivity contribution in [3.63, 3.8) is 0 Å². The molecule has 1 aliphatic carbocycles. The first kappa shape index (κ1) is 21.7. The lowest BCUT2D eigenvalue weighted by Crippen LogP contribution is -2.47. The number of rotatable bonds is 6. The van der Waals surface area contributed by atoms with Crippen LogP contribution in [0.15, 0.2) is 54.6 Å². The van der Waals surface area contributed by atoms with Crippen LogP contribution in [0.5, 0.6) is 5.75 Å². The summed E-state index contributed by atoms with van der Waals surface area (Å²) in [4.78, 5) is 2.61. The number of ether oxygens (including phenoxy) is 1. The minimum absolute atomic E-state index is 0.333. The molecule has 0 radical (unpaired) electrons. The van der Waals surface area contributed by atoms with Gasteiger partial charge in [-0.05, 0) is 80.2 Å². The van der Waals surface area contributed by atoms with Gasteiger partial charge in [0.1, 0.15) is 12.4 Å². The number of piperidine rings is 1. The molecular weight excluding hydrogens is 440 g/mol. The van der Waals surface area contributed by atoms with Crippen LogP contribution in [-0.2, 0) is 13.3 Å². The highest BCUT2D eigenvalue weighted by atomic mass is 35.5. The zero-order valence-corrected chi connectivity index (χ0v) is 19.8. The van der Waals surface area contributed by atoms with Crippen LogP contribution in [0, 0.1) is 10.7 Å². The molecule has 1 aromatic heterocycles. The average molecular weight is 469 g/mol. The first-order valence-corrected chi connectivity index (χ1v) is 12.3. The summed E-state index contributed by atoms with van der Waals surface area (Å²) in [5.41, 5.74) is 1.01. The first-order valence-electron chi connectivity index (χ1n) is 11.6. The monoisotopic (exact) mass is 468 g/mol. The van der Waals surface area contributed by atoms with E-state index in [2.05, 4.69) is 17.0 Å². The lowest BCUT2D eigenvalue weighted by molar-refractivity contribution is 0.0322. The molecule has 3 aromatic rings. The maximum Gasteiger partial charge on any atom is 0.203 e. The van der Waals surface area contributed by atoms with Gasteiger partial charge in [0.05, 0.1) is 6.67 Å². The van der Waals surface area contributed by atoms with E-state index in [0.717, 1.165) is 36.4 Å². The van der Waals surface area contributed by atoms with Crippen LogP contribution in [0.25, 0.3) is 5.69 Å². The molecule has 2 aromatic carbocycles. The van der Waals surface area contributed by atoms with E-state index in [-0.39, 0.29) is 0 Å². The van der Waals surface area contributed by atoms with E-state index in [9.17, 15) is 0 Å². The number of benzene rings is 2. The molecule has 168 valence electrons. The van der Waals surface area contributed by atoms with E-state index in [1.165, 1.54) is 38.5 Å². The molecule has 1 saturated heterocycles. The largest absolute Gasteiger partial charge is 0.486 e. The van der Waals surface area contributed by atoms with Crippen LogP contribution in [0.3, 0.4) is 0 Å². The Labute approximate surface area is 199 Å². The van der Waals surface area contributed by atoms with E-state index in [1.807, 2.05) is 51.7 Å². The zero-order valence-electron chi connectivity index (χ0n) is 18.2. The molecule has 2 unspecified atom stereocenters. The molecule has 5 rings (SSSR count). The molecule has 2 heterocycles. The van der Waals surface area contributed by atoms with Crippen molar-refractivity contribution < 1.29 is 4.74 Å². The third kappa shape index (κ3) is 4.63. The molecule has 0 spiro atoms. The van der Waals surface area contributed by atoms with Crippen molar-refractivity contribution in [3.05, 3.63) is 70.2 Å². The van der Waals surface area contributed by atoms with Crippen molar-refractivity contribution >= 4 is 23.8 Å². The number of para-hydroxylation sites is 1. The Morgan fingerprint density at radius 2 is 1.72 bits per heavy atom. The Morgan fingerprint density at radius 3 is 2.53 bits per heavy atom. The van der Waals surface area contributed by atoms with Crippen molar-refractivity contribution in [1.29, 1.82) is 0 Å². The smallest absolute Gasteiger partial charge is 0.203 e. The highest BCUT2D eigenvalue weighted by molar-refractivity contribution is 7.71. The van der Waals surface area contributed by atoms with Gasteiger partial charge in [-0.1, -0.05) is 42.6 Å². The maximum atomic E-state index is 6.04. The molecule has 2 atom stereocenters. The quantitative estimate of drug-likeness (QED) is 0.400. The van der Waals surface area contributed by atoms with Gasteiger partial charge in [0, 0.05) is 23.3 Å². The Morgan fingerprint density at radius 1 is 0.969 bits per heavy atom. The van der Waals surface area contributed by atoms with Gasteiger partial charge in [-0.2, -0.15) is 5.10 Å². The fraction of sp³-hybridized carbons (Fsp3) is 0.440. The molecule has 0 amide bonds. The molecule has 7 heteroatoms. The van der Waals surface area contributed by atoms with Gasteiger partial charge in [-0.3, -0.25) is 9.47 Å². The SMILES string of the molecule is S=c1n(CN2CCCC3CCCCC32)nc(COc2ccc(Cl)cc2)n1-c1ccccc1. The van der Waals surface area contributed by atoms with Gasteiger partial charge in [0.2, 0.25) is 4.77 Å². The lowest BCUT2D eigenvalue weighted by atomic mass is 9.78. The van der Waals surface area contributed by atoms with Gasteiger partial charge < -0.3 is 4.74 Å². The average Bonchev–Trinajstić information content (AvgIpc) is 3.14. The highest BCUT2D eigenvalue weighted by Gasteiger charge is 2.33.